The number of nitrogen functional groups attached to an aromatic ring is 1. The van der Waals surface area contributed by atoms with Gasteiger partial charge in [-0.2, -0.15) is 15.4 Å². The second kappa shape index (κ2) is 4.56. The van der Waals surface area contributed by atoms with Crippen LogP contribution in [0, 0.1) is 0 Å². The van der Waals surface area contributed by atoms with Crippen LogP contribution < -0.4 is 5.73 Å². The molecule has 3 aromatic rings. The molecule has 0 aliphatic carbocycles. The highest BCUT2D eigenvalue weighted by atomic mass is 32.1. The van der Waals surface area contributed by atoms with Crippen LogP contribution in [-0.2, 0) is 13.0 Å². The first-order valence-electron chi connectivity index (χ1n) is 6.67. The molecule has 0 saturated carbocycles. The minimum Gasteiger partial charge on any atom is -0.391 e. The van der Waals surface area contributed by atoms with E-state index in [-0.39, 0.29) is 5.91 Å². The molecule has 2 aromatic heterocycles. The molecule has 0 atom stereocenters. The van der Waals surface area contributed by atoms with Crippen LogP contribution >= 0.6 is 11.3 Å². The Balaban J connectivity index is 1.62. The van der Waals surface area contributed by atoms with Crippen molar-refractivity contribution in [2.75, 3.05) is 12.3 Å². The number of benzene rings is 1. The molecular formula is C14H13N5OS. The topological polar surface area (TPSA) is 87.9 Å². The van der Waals surface area contributed by atoms with Crippen LogP contribution in [0.5, 0.6) is 0 Å². The lowest BCUT2D eigenvalue weighted by Crippen LogP contribution is -2.35. The summed E-state index contributed by atoms with van der Waals surface area (Å²) >= 11 is 1.57. The minimum absolute atomic E-state index is 0.0255. The van der Waals surface area contributed by atoms with Gasteiger partial charge in [-0.1, -0.05) is 0 Å². The van der Waals surface area contributed by atoms with Gasteiger partial charge >= 0.3 is 0 Å². The number of carbonyl (C=O) groups excluding carboxylic acids is 1. The van der Waals surface area contributed by atoms with Crippen molar-refractivity contribution in [1.82, 2.24) is 20.3 Å². The molecule has 0 bridgehead atoms. The molecule has 1 aliphatic rings. The van der Waals surface area contributed by atoms with Gasteiger partial charge < -0.3 is 10.6 Å². The maximum atomic E-state index is 12.6. The smallest absolute Gasteiger partial charge is 0.254 e. The number of aromatic nitrogens is 3. The number of aromatic amines is 1. The monoisotopic (exact) mass is 299 g/mol. The van der Waals surface area contributed by atoms with Gasteiger partial charge in [0.15, 0.2) is 0 Å². The average molecular weight is 299 g/mol. The Hall–Kier alpha value is -2.41. The van der Waals surface area contributed by atoms with E-state index < -0.39 is 0 Å². The summed E-state index contributed by atoms with van der Waals surface area (Å²) in [5.41, 5.74) is 9.22. The van der Waals surface area contributed by atoms with E-state index in [4.69, 9.17) is 5.73 Å². The van der Waals surface area contributed by atoms with Crippen molar-refractivity contribution in [3.8, 4) is 0 Å². The molecule has 3 N–H and O–H groups in total. The Morgan fingerprint density at radius 1 is 1.29 bits per heavy atom. The molecule has 6 nitrogen and oxygen atoms in total. The third-order valence-electron chi connectivity index (χ3n) is 3.75. The van der Waals surface area contributed by atoms with Crippen LogP contribution in [0.2, 0.25) is 0 Å². The molecule has 0 saturated heterocycles. The summed E-state index contributed by atoms with van der Waals surface area (Å²) in [5.74, 6) is 0.0255. The molecule has 1 amide bonds. The number of hydrogen-bond donors (Lipinski definition) is 2. The summed E-state index contributed by atoms with van der Waals surface area (Å²) in [6.07, 6.45) is 0.862. The number of carbonyl (C=O) groups is 1. The highest BCUT2D eigenvalue weighted by Gasteiger charge is 2.23. The second-order valence-electron chi connectivity index (χ2n) is 5.10. The second-order valence-corrected chi connectivity index (χ2v) is 6.27. The fraction of sp³-hybridized carbons (Fsp3) is 0.214. The van der Waals surface area contributed by atoms with E-state index in [0.717, 1.165) is 23.5 Å². The lowest BCUT2D eigenvalue weighted by molar-refractivity contribution is 0.0737. The molecule has 1 aliphatic heterocycles. The lowest BCUT2D eigenvalue weighted by Gasteiger charge is -2.26. The maximum Gasteiger partial charge on any atom is 0.254 e. The molecule has 0 radical (unpaired) electrons. The number of thiophene rings is 1. The van der Waals surface area contributed by atoms with Gasteiger partial charge in [-0.05, 0) is 36.2 Å². The highest BCUT2D eigenvalue weighted by Crippen LogP contribution is 2.30. The number of nitrogens with two attached hydrogens (primary N) is 1. The van der Waals surface area contributed by atoms with Crippen LogP contribution in [0.1, 0.15) is 20.8 Å². The number of fused-ring (bicyclic) bond motifs is 2. The van der Waals surface area contributed by atoms with Crippen molar-refractivity contribution in [3.05, 3.63) is 40.3 Å². The van der Waals surface area contributed by atoms with E-state index in [1.807, 2.05) is 17.0 Å². The Bertz CT molecular complexity index is 837. The zero-order valence-electron chi connectivity index (χ0n) is 11.2. The number of rotatable bonds is 1. The third-order valence-corrected chi connectivity index (χ3v) is 4.74. The van der Waals surface area contributed by atoms with E-state index in [1.165, 1.54) is 10.4 Å². The SMILES string of the molecule is Nc1cc2c(s1)CN(C(=O)c1ccc3n[nH]nc3c1)CC2. The molecule has 1 aromatic carbocycles. The Morgan fingerprint density at radius 2 is 2.14 bits per heavy atom. The van der Waals surface area contributed by atoms with Crippen molar-refractivity contribution in [1.29, 1.82) is 0 Å². The molecule has 106 valence electrons. The van der Waals surface area contributed by atoms with Crippen molar-refractivity contribution in [2.24, 2.45) is 0 Å². The zero-order valence-corrected chi connectivity index (χ0v) is 12.0. The number of H-pyrrole nitrogens is 1. The number of amides is 1. The first kappa shape index (κ1) is 12.3. The maximum absolute atomic E-state index is 12.6. The molecule has 0 spiro atoms. The summed E-state index contributed by atoms with van der Waals surface area (Å²) in [6.45, 7) is 1.35. The van der Waals surface area contributed by atoms with Crippen LogP contribution in [0.3, 0.4) is 0 Å². The molecule has 0 unspecified atom stereocenters. The van der Waals surface area contributed by atoms with Gasteiger partial charge in [0.2, 0.25) is 0 Å². The number of nitrogens with zero attached hydrogens (tertiary/aromatic N) is 3. The van der Waals surface area contributed by atoms with Gasteiger partial charge in [0.1, 0.15) is 11.0 Å². The van der Waals surface area contributed by atoms with Gasteiger partial charge in [-0.25, -0.2) is 0 Å². The van der Waals surface area contributed by atoms with Crippen molar-refractivity contribution >= 4 is 33.3 Å². The number of hydrogen-bond acceptors (Lipinski definition) is 5. The zero-order chi connectivity index (χ0) is 14.4. The summed E-state index contributed by atoms with van der Waals surface area (Å²) < 4.78 is 0. The fourth-order valence-electron chi connectivity index (χ4n) is 2.67. The van der Waals surface area contributed by atoms with E-state index in [2.05, 4.69) is 15.4 Å². The van der Waals surface area contributed by atoms with E-state index in [0.29, 0.717) is 17.6 Å². The molecule has 7 heteroatoms. The summed E-state index contributed by atoms with van der Waals surface area (Å²) in [4.78, 5) is 15.7. The van der Waals surface area contributed by atoms with Crippen LogP contribution in [-0.4, -0.2) is 32.8 Å². The third kappa shape index (κ3) is 2.06. The van der Waals surface area contributed by atoms with E-state index >= 15 is 0 Å². The largest absolute Gasteiger partial charge is 0.391 e. The number of nitrogens with one attached hydrogen (secondary N) is 1. The summed E-state index contributed by atoms with van der Waals surface area (Å²) in [5, 5.41) is 11.4. The quantitative estimate of drug-likeness (QED) is 0.717. The van der Waals surface area contributed by atoms with Crippen molar-refractivity contribution in [2.45, 2.75) is 13.0 Å². The van der Waals surface area contributed by atoms with Gasteiger partial charge in [0.25, 0.3) is 5.91 Å². The lowest BCUT2D eigenvalue weighted by atomic mass is 10.1. The predicted octanol–water partition coefficient (Wildman–Crippen LogP) is 1.80. The van der Waals surface area contributed by atoms with Crippen molar-refractivity contribution < 1.29 is 4.79 Å². The van der Waals surface area contributed by atoms with Crippen LogP contribution in [0.15, 0.2) is 24.3 Å². The standard InChI is InChI=1S/C14H13N5OS/c15-13-6-8-3-4-19(7-12(8)21-13)14(20)9-1-2-10-11(5-9)17-18-16-10/h1-2,5-6H,3-4,7,15H2,(H,16,17,18). The Kier molecular flexibility index (Phi) is 2.68. The predicted molar refractivity (Wildman–Crippen MR) is 81.1 cm³/mol. The normalized spacial score (nSPS) is 14.4. The van der Waals surface area contributed by atoms with Crippen LogP contribution in [0.25, 0.3) is 11.0 Å². The van der Waals surface area contributed by atoms with Gasteiger partial charge in [-0.15, -0.1) is 11.3 Å². The van der Waals surface area contributed by atoms with Gasteiger partial charge in [0, 0.05) is 17.0 Å². The number of anilines is 1. The molecule has 0 fully saturated rings. The first-order valence-corrected chi connectivity index (χ1v) is 7.49. The van der Waals surface area contributed by atoms with Crippen LogP contribution in [0.4, 0.5) is 5.00 Å². The molecule has 4 rings (SSSR count). The summed E-state index contributed by atoms with van der Waals surface area (Å²) in [6, 6.07) is 7.40. The van der Waals surface area contributed by atoms with Gasteiger partial charge in [0.05, 0.1) is 11.5 Å². The molecule has 21 heavy (non-hydrogen) atoms. The average Bonchev–Trinajstić information content (AvgIpc) is 3.09. The first-order chi connectivity index (χ1) is 10.2. The van der Waals surface area contributed by atoms with Gasteiger partial charge in [-0.3, -0.25) is 4.79 Å². The fourth-order valence-corrected chi connectivity index (χ4v) is 3.67. The van der Waals surface area contributed by atoms with E-state index in [1.54, 1.807) is 23.5 Å². The molecular weight excluding hydrogens is 286 g/mol. The summed E-state index contributed by atoms with van der Waals surface area (Å²) in [7, 11) is 0. The van der Waals surface area contributed by atoms with E-state index in [9.17, 15) is 4.79 Å². The Morgan fingerprint density at radius 3 is 3.05 bits per heavy atom. The Labute approximate surface area is 124 Å². The van der Waals surface area contributed by atoms with Crippen molar-refractivity contribution in [3.63, 3.8) is 0 Å². The highest BCUT2D eigenvalue weighted by molar-refractivity contribution is 7.16. The minimum atomic E-state index is 0.0255. The molecule has 3 heterocycles.